The van der Waals surface area contributed by atoms with Gasteiger partial charge < -0.3 is 10.2 Å². The van der Waals surface area contributed by atoms with E-state index in [9.17, 15) is 26.8 Å². The monoisotopic (exact) mass is 495 g/mol. The van der Waals surface area contributed by atoms with Crippen molar-refractivity contribution in [1.82, 2.24) is 4.31 Å². The molecule has 4 rings (SSSR count). The van der Waals surface area contributed by atoms with E-state index in [1.165, 1.54) is 33.1 Å². The number of benzene rings is 2. The second-order valence-corrected chi connectivity index (χ2v) is 11.1. The number of piperidine rings is 1. The Morgan fingerprint density at radius 1 is 1.15 bits per heavy atom. The molecule has 2 aliphatic rings. The number of amides is 2. The van der Waals surface area contributed by atoms with Gasteiger partial charge in [0, 0.05) is 24.1 Å². The third-order valence-electron chi connectivity index (χ3n) is 5.76. The second-order valence-electron chi connectivity index (χ2n) is 8.16. The lowest BCUT2D eigenvalue weighted by Gasteiger charge is -2.31. The molecule has 0 unspecified atom stereocenters. The van der Waals surface area contributed by atoms with Crippen molar-refractivity contribution in [3.05, 3.63) is 48.0 Å². The summed E-state index contributed by atoms with van der Waals surface area (Å²) in [4.78, 5) is 27.0. The molecule has 0 aromatic heterocycles. The number of halogens is 2. The van der Waals surface area contributed by atoms with Gasteiger partial charge in [0.2, 0.25) is 21.8 Å². The van der Waals surface area contributed by atoms with E-state index in [4.69, 9.17) is 0 Å². The topological polar surface area (TPSA) is 86.8 Å². The Morgan fingerprint density at radius 3 is 2.61 bits per heavy atom. The summed E-state index contributed by atoms with van der Waals surface area (Å²) in [5.41, 5.74) is -0.0349. The van der Waals surface area contributed by atoms with E-state index in [1.54, 1.807) is 6.07 Å². The van der Waals surface area contributed by atoms with Crippen LogP contribution in [0.5, 0.6) is 0 Å². The first-order chi connectivity index (χ1) is 15.6. The number of rotatable bonds is 5. The molecule has 0 saturated carbocycles. The molecule has 7 nitrogen and oxygen atoms in total. The highest BCUT2D eigenvalue weighted by Gasteiger charge is 2.32. The fourth-order valence-corrected chi connectivity index (χ4v) is 6.22. The van der Waals surface area contributed by atoms with Crippen LogP contribution in [-0.2, 0) is 19.6 Å². The number of carbonyl (C=O) groups is 2. The fraction of sp³-hybridized carbons (Fsp3) is 0.364. The zero-order chi connectivity index (χ0) is 23.8. The molecule has 11 heteroatoms. The van der Waals surface area contributed by atoms with Crippen molar-refractivity contribution in [3.8, 4) is 0 Å². The molecule has 0 radical (unpaired) electrons. The van der Waals surface area contributed by atoms with Crippen molar-refractivity contribution in [1.29, 1.82) is 0 Å². The van der Waals surface area contributed by atoms with E-state index >= 15 is 0 Å². The number of carbonyl (C=O) groups excluding carboxylic acids is 2. The number of hydrogen-bond acceptors (Lipinski definition) is 5. The Morgan fingerprint density at radius 2 is 1.88 bits per heavy atom. The van der Waals surface area contributed by atoms with Crippen LogP contribution in [0.25, 0.3) is 0 Å². The van der Waals surface area contributed by atoms with Gasteiger partial charge in [-0.3, -0.25) is 9.59 Å². The normalized spacial score (nSPS) is 17.7. The zero-order valence-corrected chi connectivity index (χ0v) is 19.5. The van der Waals surface area contributed by atoms with Crippen molar-refractivity contribution in [2.45, 2.75) is 29.6 Å². The number of thioether (sulfide) groups is 1. The molecule has 2 aromatic rings. The Bertz CT molecular complexity index is 1200. The van der Waals surface area contributed by atoms with Gasteiger partial charge in [0.15, 0.2) is 0 Å². The fourth-order valence-electron chi connectivity index (χ4n) is 3.82. The zero-order valence-electron chi connectivity index (χ0n) is 17.9. The minimum Gasteiger partial charge on any atom is -0.322 e. The molecule has 2 heterocycles. The smallest absolute Gasteiger partial charge is 0.244 e. The molecule has 1 N–H and O–H groups in total. The summed E-state index contributed by atoms with van der Waals surface area (Å²) in [6.07, 6.45) is 1.56. The molecular weight excluding hydrogens is 472 g/mol. The minimum atomic E-state index is -3.75. The van der Waals surface area contributed by atoms with Crippen molar-refractivity contribution >= 4 is 45.0 Å². The SMILES string of the molecule is CC1CCN(S(=O)(=O)c2ccc3c(c2)N(CC(=O)Nc2cc(F)ccc2F)C(=O)CS3)CC1. The second kappa shape index (κ2) is 9.40. The minimum absolute atomic E-state index is 0.0488. The van der Waals surface area contributed by atoms with Crippen LogP contribution in [0.1, 0.15) is 19.8 Å². The summed E-state index contributed by atoms with van der Waals surface area (Å²) in [6, 6.07) is 7.21. The summed E-state index contributed by atoms with van der Waals surface area (Å²) in [5, 5.41) is 2.27. The van der Waals surface area contributed by atoms with Gasteiger partial charge in [0.05, 0.1) is 22.0 Å². The molecule has 33 heavy (non-hydrogen) atoms. The molecule has 0 atom stereocenters. The van der Waals surface area contributed by atoms with E-state index in [0.29, 0.717) is 29.6 Å². The number of fused-ring (bicyclic) bond motifs is 1. The maximum absolute atomic E-state index is 13.9. The summed E-state index contributed by atoms with van der Waals surface area (Å²) < 4.78 is 55.0. The van der Waals surface area contributed by atoms with Gasteiger partial charge in [-0.15, -0.1) is 11.8 Å². The summed E-state index contributed by atoms with van der Waals surface area (Å²) >= 11 is 1.25. The lowest BCUT2D eigenvalue weighted by Crippen LogP contribution is -2.41. The van der Waals surface area contributed by atoms with E-state index in [0.717, 1.165) is 31.0 Å². The number of sulfonamides is 1. The van der Waals surface area contributed by atoms with Gasteiger partial charge in [0.25, 0.3) is 0 Å². The number of nitrogens with zero attached hydrogens (tertiary/aromatic N) is 2. The van der Waals surface area contributed by atoms with Crippen LogP contribution in [0.2, 0.25) is 0 Å². The van der Waals surface area contributed by atoms with Crippen molar-refractivity contribution in [2.75, 3.05) is 35.6 Å². The highest BCUT2D eigenvalue weighted by Crippen LogP contribution is 2.37. The first-order valence-electron chi connectivity index (χ1n) is 10.5. The highest BCUT2D eigenvalue weighted by molar-refractivity contribution is 8.00. The van der Waals surface area contributed by atoms with E-state index < -0.39 is 34.1 Å². The van der Waals surface area contributed by atoms with Gasteiger partial charge in [-0.2, -0.15) is 4.31 Å². The predicted molar refractivity (Wildman–Crippen MR) is 122 cm³/mol. The molecule has 176 valence electrons. The highest BCUT2D eigenvalue weighted by atomic mass is 32.2. The molecule has 0 aliphatic carbocycles. The van der Waals surface area contributed by atoms with Crippen LogP contribution in [0, 0.1) is 17.6 Å². The van der Waals surface area contributed by atoms with Crippen LogP contribution in [0.15, 0.2) is 46.2 Å². The van der Waals surface area contributed by atoms with E-state index in [1.807, 2.05) is 0 Å². The van der Waals surface area contributed by atoms with Crippen LogP contribution < -0.4 is 10.2 Å². The van der Waals surface area contributed by atoms with Crippen molar-refractivity contribution in [2.24, 2.45) is 5.92 Å². The molecule has 0 bridgehead atoms. The number of hydrogen-bond donors (Lipinski definition) is 1. The first-order valence-corrected chi connectivity index (χ1v) is 12.9. The Balaban J connectivity index is 1.58. The molecule has 2 aromatic carbocycles. The third kappa shape index (κ3) is 5.04. The molecule has 2 amide bonds. The molecule has 0 spiro atoms. The number of anilines is 2. The van der Waals surface area contributed by atoms with Gasteiger partial charge in [-0.25, -0.2) is 17.2 Å². The van der Waals surface area contributed by atoms with Gasteiger partial charge in [-0.05, 0) is 49.1 Å². The molecule has 2 aliphatic heterocycles. The van der Waals surface area contributed by atoms with Crippen LogP contribution in [-0.4, -0.2) is 49.9 Å². The van der Waals surface area contributed by atoms with Crippen LogP contribution >= 0.6 is 11.8 Å². The van der Waals surface area contributed by atoms with Crippen molar-refractivity contribution in [3.63, 3.8) is 0 Å². The summed E-state index contributed by atoms with van der Waals surface area (Å²) in [6.45, 7) is 2.48. The van der Waals surface area contributed by atoms with Gasteiger partial charge >= 0.3 is 0 Å². The lowest BCUT2D eigenvalue weighted by molar-refractivity contribution is -0.120. The van der Waals surface area contributed by atoms with Gasteiger partial charge in [-0.1, -0.05) is 6.92 Å². The predicted octanol–water partition coefficient (Wildman–Crippen LogP) is 3.46. The first kappa shape index (κ1) is 23.7. The molecule has 1 saturated heterocycles. The summed E-state index contributed by atoms with van der Waals surface area (Å²) in [5.74, 6) is -2.11. The van der Waals surface area contributed by atoms with E-state index in [2.05, 4.69) is 12.2 Å². The third-order valence-corrected chi connectivity index (χ3v) is 8.70. The largest absolute Gasteiger partial charge is 0.322 e. The number of nitrogens with one attached hydrogen (secondary N) is 1. The molecule has 1 fully saturated rings. The molecular formula is C22H23F2N3O4S2. The van der Waals surface area contributed by atoms with Gasteiger partial charge in [0.1, 0.15) is 18.2 Å². The van der Waals surface area contributed by atoms with E-state index in [-0.39, 0.29) is 22.2 Å². The average Bonchev–Trinajstić information content (AvgIpc) is 2.78. The Kier molecular flexibility index (Phi) is 6.73. The lowest BCUT2D eigenvalue weighted by atomic mass is 10.0. The standard InChI is InChI=1S/C22H23F2N3O4S2/c1-14-6-8-26(9-7-14)33(30,31)16-3-5-20-19(11-16)27(22(29)13-32-20)12-21(28)25-18-10-15(23)2-4-17(18)24/h2-5,10-11,14H,6-9,12-13H2,1H3,(H,25,28). The Labute approximate surface area is 195 Å². The van der Waals surface area contributed by atoms with Crippen LogP contribution in [0.4, 0.5) is 20.2 Å². The average molecular weight is 496 g/mol. The Hall–Kier alpha value is -2.50. The van der Waals surface area contributed by atoms with Crippen molar-refractivity contribution < 1.29 is 26.8 Å². The maximum atomic E-state index is 13.9. The quantitative estimate of drug-likeness (QED) is 0.687. The van der Waals surface area contributed by atoms with Crippen LogP contribution in [0.3, 0.4) is 0 Å². The maximum Gasteiger partial charge on any atom is 0.244 e. The summed E-state index contributed by atoms with van der Waals surface area (Å²) in [7, 11) is -3.75.